The molecule has 1 N–H and O–H groups in total. The van der Waals surface area contributed by atoms with E-state index in [4.69, 9.17) is 0 Å². The molecule has 1 fully saturated rings. The number of nitrogens with one attached hydrogen (secondary N) is 1. The summed E-state index contributed by atoms with van der Waals surface area (Å²) in [6.07, 6.45) is 7.71. The largest absolute Gasteiger partial charge is 0.330 e. The van der Waals surface area contributed by atoms with Crippen molar-refractivity contribution in [1.29, 1.82) is 0 Å². The van der Waals surface area contributed by atoms with Crippen LogP contribution in [0.15, 0.2) is 18.6 Å². The Morgan fingerprint density at radius 1 is 1.10 bits per heavy atom. The first-order valence-electron chi connectivity index (χ1n) is 6.77. The maximum absolute atomic E-state index is 4.60. The van der Waals surface area contributed by atoms with E-state index in [1.54, 1.807) is 12.4 Å². The molecular weight excluding hydrogens is 309 g/mol. The van der Waals surface area contributed by atoms with E-state index in [0.717, 1.165) is 48.8 Å². The van der Waals surface area contributed by atoms with Crippen molar-refractivity contribution in [2.24, 2.45) is 7.05 Å². The van der Waals surface area contributed by atoms with Crippen molar-refractivity contribution < 1.29 is 0 Å². The average Bonchev–Trinajstić information content (AvgIpc) is 2.80. The lowest BCUT2D eigenvalue weighted by atomic mass is 9.92. The van der Waals surface area contributed by atoms with Crippen LogP contribution in [0.3, 0.4) is 0 Å². The van der Waals surface area contributed by atoms with Crippen molar-refractivity contribution >= 4 is 24.8 Å². The molecule has 0 unspecified atom stereocenters. The van der Waals surface area contributed by atoms with Crippen LogP contribution < -0.4 is 5.32 Å². The van der Waals surface area contributed by atoms with Gasteiger partial charge in [0.25, 0.3) is 0 Å². The van der Waals surface area contributed by atoms with Gasteiger partial charge in [-0.15, -0.1) is 24.8 Å². The summed E-state index contributed by atoms with van der Waals surface area (Å²) in [6, 6.07) is 0. The quantitative estimate of drug-likeness (QED) is 0.919. The number of aryl methyl sites for hydroxylation is 1. The fraction of sp³-hybridized carbons (Fsp3) is 0.500. The van der Waals surface area contributed by atoms with Gasteiger partial charge in [0.15, 0.2) is 0 Å². The highest BCUT2D eigenvalue weighted by atomic mass is 35.5. The Balaban J connectivity index is 0.00000110. The number of nitrogens with zero attached hydrogens (tertiary/aromatic N) is 4. The molecule has 7 heteroatoms. The highest BCUT2D eigenvalue weighted by molar-refractivity contribution is 5.85. The first-order chi connectivity index (χ1) is 9.27. The Morgan fingerprint density at radius 2 is 1.76 bits per heavy atom. The van der Waals surface area contributed by atoms with Gasteiger partial charge in [-0.2, -0.15) is 0 Å². The highest BCUT2D eigenvalue weighted by Crippen LogP contribution is 2.30. The molecule has 3 rings (SSSR count). The predicted molar refractivity (Wildman–Crippen MR) is 88.3 cm³/mol. The van der Waals surface area contributed by atoms with Crippen LogP contribution in [0.4, 0.5) is 0 Å². The first kappa shape index (κ1) is 17.9. The standard InChI is InChI=1S/C14H19N5.2ClH/c1-10-18-9-12(19(10)2)14-13(16-7-8-17-14)11-3-5-15-6-4-11;;/h7-9,11,15H,3-6H2,1-2H3;2*1H. The molecule has 1 aliphatic rings. The van der Waals surface area contributed by atoms with Gasteiger partial charge in [0, 0.05) is 25.4 Å². The average molecular weight is 330 g/mol. The second kappa shape index (κ2) is 7.73. The fourth-order valence-electron chi connectivity index (χ4n) is 2.66. The molecule has 1 aliphatic heterocycles. The van der Waals surface area contributed by atoms with Gasteiger partial charge in [-0.3, -0.25) is 9.97 Å². The number of rotatable bonds is 2. The van der Waals surface area contributed by atoms with Crippen LogP contribution in [-0.2, 0) is 7.05 Å². The number of aromatic nitrogens is 4. The molecule has 2 aromatic rings. The number of halogens is 2. The molecule has 0 saturated carbocycles. The zero-order chi connectivity index (χ0) is 13.2. The molecule has 5 nitrogen and oxygen atoms in total. The molecule has 116 valence electrons. The minimum atomic E-state index is 0. The number of piperidine rings is 1. The predicted octanol–water partition coefficient (Wildman–Crippen LogP) is 2.50. The van der Waals surface area contributed by atoms with E-state index >= 15 is 0 Å². The second-order valence-corrected chi connectivity index (χ2v) is 5.06. The summed E-state index contributed by atoms with van der Waals surface area (Å²) in [6.45, 7) is 4.13. The minimum absolute atomic E-state index is 0. The molecule has 21 heavy (non-hydrogen) atoms. The van der Waals surface area contributed by atoms with E-state index in [-0.39, 0.29) is 24.8 Å². The fourth-order valence-corrected chi connectivity index (χ4v) is 2.66. The summed E-state index contributed by atoms with van der Waals surface area (Å²) in [5.74, 6) is 1.50. The van der Waals surface area contributed by atoms with Gasteiger partial charge in [-0.05, 0) is 32.9 Å². The molecule has 0 atom stereocenters. The van der Waals surface area contributed by atoms with E-state index in [1.807, 2.05) is 20.2 Å². The summed E-state index contributed by atoms with van der Waals surface area (Å²) in [4.78, 5) is 13.5. The highest BCUT2D eigenvalue weighted by Gasteiger charge is 2.22. The molecule has 0 amide bonds. The van der Waals surface area contributed by atoms with Crippen LogP contribution in [-0.4, -0.2) is 32.6 Å². The summed E-state index contributed by atoms with van der Waals surface area (Å²) in [5, 5.41) is 3.39. The van der Waals surface area contributed by atoms with Gasteiger partial charge in [-0.1, -0.05) is 0 Å². The number of hydrogen-bond acceptors (Lipinski definition) is 4. The van der Waals surface area contributed by atoms with Crippen LogP contribution in [0.25, 0.3) is 11.4 Å². The Bertz CT molecular complexity index is 578. The summed E-state index contributed by atoms with van der Waals surface area (Å²) >= 11 is 0. The monoisotopic (exact) mass is 329 g/mol. The van der Waals surface area contributed by atoms with Gasteiger partial charge in [0.1, 0.15) is 11.5 Å². The van der Waals surface area contributed by atoms with Gasteiger partial charge in [0.05, 0.1) is 17.6 Å². The topological polar surface area (TPSA) is 55.6 Å². The van der Waals surface area contributed by atoms with Crippen molar-refractivity contribution in [3.8, 4) is 11.4 Å². The third kappa shape index (κ3) is 3.54. The SMILES string of the molecule is Cc1ncc(-c2nccnc2C2CCNCC2)n1C.Cl.Cl. The lowest BCUT2D eigenvalue weighted by molar-refractivity contribution is 0.453. The maximum atomic E-state index is 4.60. The van der Waals surface area contributed by atoms with E-state index in [0.29, 0.717) is 5.92 Å². The summed E-state index contributed by atoms with van der Waals surface area (Å²) < 4.78 is 2.08. The third-order valence-electron chi connectivity index (χ3n) is 3.92. The van der Waals surface area contributed by atoms with Crippen molar-refractivity contribution in [3.63, 3.8) is 0 Å². The van der Waals surface area contributed by atoms with Crippen LogP contribution >= 0.6 is 24.8 Å². The second-order valence-electron chi connectivity index (χ2n) is 5.06. The van der Waals surface area contributed by atoms with Gasteiger partial charge in [0.2, 0.25) is 0 Å². The Labute approximate surface area is 137 Å². The van der Waals surface area contributed by atoms with Gasteiger partial charge >= 0.3 is 0 Å². The Kier molecular flexibility index (Phi) is 6.58. The Morgan fingerprint density at radius 3 is 2.38 bits per heavy atom. The van der Waals surface area contributed by atoms with E-state index < -0.39 is 0 Å². The van der Waals surface area contributed by atoms with E-state index in [1.165, 1.54) is 0 Å². The zero-order valence-corrected chi connectivity index (χ0v) is 13.9. The lowest BCUT2D eigenvalue weighted by Crippen LogP contribution is -2.27. The zero-order valence-electron chi connectivity index (χ0n) is 12.2. The third-order valence-corrected chi connectivity index (χ3v) is 3.92. The maximum Gasteiger partial charge on any atom is 0.110 e. The normalized spacial score (nSPS) is 15.1. The molecule has 0 spiro atoms. The molecule has 0 radical (unpaired) electrons. The van der Waals surface area contributed by atoms with E-state index in [2.05, 4.69) is 24.8 Å². The smallest absolute Gasteiger partial charge is 0.110 e. The van der Waals surface area contributed by atoms with Crippen LogP contribution in [0.5, 0.6) is 0 Å². The minimum Gasteiger partial charge on any atom is -0.330 e. The van der Waals surface area contributed by atoms with Crippen LogP contribution in [0, 0.1) is 6.92 Å². The molecule has 0 aromatic carbocycles. The molecule has 0 aliphatic carbocycles. The molecule has 0 bridgehead atoms. The molecule has 1 saturated heterocycles. The first-order valence-corrected chi connectivity index (χ1v) is 6.77. The van der Waals surface area contributed by atoms with Gasteiger partial charge in [-0.25, -0.2) is 4.98 Å². The van der Waals surface area contributed by atoms with Crippen molar-refractivity contribution in [1.82, 2.24) is 24.8 Å². The molecular formula is C14H21Cl2N5. The summed E-state index contributed by atoms with van der Waals surface area (Å²) in [5.41, 5.74) is 3.16. The molecule has 2 aromatic heterocycles. The molecule has 3 heterocycles. The number of hydrogen-bond donors (Lipinski definition) is 1. The van der Waals surface area contributed by atoms with Crippen molar-refractivity contribution in [2.75, 3.05) is 13.1 Å². The van der Waals surface area contributed by atoms with Crippen LogP contribution in [0.1, 0.15) is 30.3 Å². The Hall–Kier alpha value is -1.17. The van der Waals surface area contributed by atoms with Crippen LogP contribution in [0.2, 0.25) is 0 Å². The van der Waals surface area contributed by atoms with Gasteiger partial charge < -0.3 is 9.88 Å². The van der Waals surface area contributed by atoms with E-state index in [9.17, 15) is 0 Å². The summed E-state index contributed by atoms with van der Waals surface area (Å²) in [7, 11) is 2.03. The number of imidazole rings is 1. The van der Waals surface area contributed by atoms with Crippen molar-refractivity contribution in [3.05, 3.63) is 30.1 Å². The van der Waals surface area contributed by atoms with Crippen molar-refractivity contribution in [2.45, 2.75) is 25.7 Å². The lowest BCUT2D eigenvalue weighted by Gasteiger charge is -2.23.